The highest BCUT2D eigenvalue weighted by Gasteiger charge is 2.15. The molecule has 0 unspecified atom stereocenters. The highest BCUT2D eigenvalue weighted by atomic mass is 35.5. The summed E-state index contributed by atoms with van der Waals surface area (Å²) in [5.74, 6) is 0.322. The number of piperazine rings is 1. The number of hydrogen-bond donors (Lipinski definition) is 4. The van der Waals surface area contributed by atoms with E-state index in [-0.39, 0.29) is 23.6 Å². The molecule has 2 aromatic carbocycles. The van der Waals surface area contributed by atoms with E-state index in [0.29, 0.717) is 33.6 Å². The van der Waals surface area contributed by atoms with Gasteiger partial charge in [0, 0.05) is 38.9 Å². The van der Waals surface area contributed by atoms with Crippen LogP contribution in [0.4, 0.5) is 38.9 Å². The molecular weight excluding hydrogens is 453 g/mol. The molecule has 1 saturated heterocycles. The lowest BCUT2D eigenvalue weighted by molar-refractivity contribution is 0.566. The van der Waals surface area contributed by atoms with Gasteiger partial charge in [0.05, 0.1) is 23.3 Å². The van der Waals surface area contributed by atoms with E-state index in [1.165, 1.54) is 12.3 Å². The summed E-state index contributed by atoms with van der Waals surface area (Å²) in [6.07, 6.45) is 1.46. The summed E-state index contributed by atoms with van der Waals surface area (Å²) in [6.45, 7) is 3.20. The number of benzene rings is 2. The molecule has 1 aliphatic heterocycles. The molecule has 0 saturated carbocycles. The molecule has 0 bridgehead atoms. The molecule has 1 aliphatic rings. The molecule has 4 rings (SSSR count). The smallest absolute Gasteiger partial charge is 0.229 e. The number of rotatable bonds is 7. The van der Waals surface area contributed by atoms with Crippen molar-refractivity contribution in [2.45, 2.75) is 0 Å². The topological polar surface area (TPSA) is 85.4 Å². The van der Waals surface area contributed by atoms with Crippen molar-refractivity contribution in [1.29, 1.82) is 0 Å². The van der Waals surface area contributed by atoms with Gasteiger partial charge in [-0.1, -0.05) is 23.7 Å². The third-order valence-electron chi connectivity index (χ3n) is 5.03. The maximum absolute atomic E-state index is 14.7. The Bertz CT molecular complexity index is 1110. The molecular formula is C21H23ClFN7OS. The number of hydrogen-bond acceptors (Lipinski definition) is 7. The van der Waals surface area contributed by atoms with Gasteiger partial charge in [-0.05, 0) is 30.3 Å². The third kappa shape index (κ3) is 5.09. The number of anilines is 6. The standard InChI is InChI=1S/C21H23ClFN7OS/c1-29(32-31)19-5-3-2-4-17(19)27-20-15(22)13-25-21(28-20)26-14-6-7-18(16(23)12-14)30-10-8-24-9-11-30/h2-7,12-13,24,32H,8-11H2,1H3,(H2,25,26,27,28). The Morgan fingerprint density at radius 1 is 1.19 bits per heavy atom. The van der Waals surface area contributed by atoms with E-state index in [1.54, 1.807) is 23.5 Å². The molecule has 32 heavy (non-hydrogen) atoms. The fraction of sp³-hybridized carbons (Fsp3) is 0.238. The molecule has 1 aromatic heterocycles. The van der Waals surface area contributed by atoms with Gasteiger partial charge in [0.2, 0.25) is 5.95 Å². The first-order valence-corrected chi connectivity index (χ1v) is 11.2. The lowest BCUT2D eigenvalue weighted by atomic mass is 10.2. The Balaban J connectivity index is 1.53. The van der Waals surface area contributed by atoms with Gasteiger partial charge in [-0.25, -0.2) is 13.6 Å². The SMILES string of the molecule is CN([SH]=O)c1ccccc1Nc1nc(Nc2ccc(N3CCNCC3)c(F)c2)ncc1Cl. The molecule has 3 aromatic rings. The van der Waals surface area contributed by atoms with Crippen LogP contribution in [-0.2, 0) is 11.9 Å². The van der Waals surface area contributed by atoms with E-state index in [1.807, 2.05) is 29.2 Å². The van der Waals surface area contributed by atoms with Gasteiger partial charge in [-0.3, -0.25) is 4.31 Å². The van der Waals surface area contributed by atoms with Crippen LogP contribution in [0.5, 0.6) is 0 Å². The number of aromatic nitrogens is 2. The van der Waals surface area contributed by atoms with Crippen LogP contribution in [0.1, 0.15) is 0 Å². The minimum atomic E-state index is -0.307. The average Bonchev–Trinajstić information content (AvgIpc) is 2.82. The minimum Gasteiger partial charge on any atom is -0.367 e. The molecule has 0 atom stereocenters. The van der Waals surface area contributed by atoms with Crippen LogP contribution >= 0.6 is 11.6 Å². The number of halogens is 2. The summed E-state index contributed by atoms with van der Waals surface area (Å²) in [7, 11) is 1.70. The minimum absolute atomic E-state index is 0.145. The molecule has 168 valence electrons. The van der Waals surface area contributed by atoms with Crippen LogP contribution in [0.15, 0.2) is 48.7 Å². The second-order valence-electron chi connectivity index (χ2n) is 7.17. The highest BCUT2D eigenvalue weighted by molar-refractivity contribution is 7.67. The lowest BCUT2D eigenvalue weighted by Crippen LogP contribution is -2.43. The average molecular weight is 476 g/mol. The monoisotopic (exact) mass is 475 g/mol. The van der Waals surface area contributed by atoms with Crippen LogP contribution in [0, 0.1) is 5.82 Å². The van der Waals surface area contributed by atoms with Crippen molar-refractivity contribution in [1.82, 2.24) is 15.3 Å². The van der Waals surface area contributed by atoms with Crippen molar-refractivity contribution >= 4 is 58.0 Å². The van der Waals surface area contributed by atoms with Gasteiger partial charge < -0.3 is 20.9 Å². The maximum Gasteiger partial charge on any atom is 0.229 e. The predicted molar refractivity (Wildman–Crippen MR) is 129 cm³/mol. The number of thiol groups is 1. The van der Waals surface area contributed by atoms with E-state index in [2.05, 4.69) is 25.9 Å². The van der Waals surface area contributed by atoms with Crippen molar-refractivity contribution in [2.24, 2.45) is 0 Å². The number of nitrogens with one attached hydrogen (secondary N) is 3. The largest absolute Gasteiger partial charge is 0.367 e. The van der Waals surface area contributed by atoms with Crippen molar-refractivity contribution in [3.63, 3.8) is 0 Å². The Hall–Kier alpha value is -2.95. The van der Waals surface area contributed by atoms with Crippen molar-refractivity contribution < 1.29 is 8.60 Å². The molecule has 8 nitrogen and oxygen atoms in total. The summed E-state index contributed by atoms with van der Waals surface area (Å²) in [4.78, 5) is 10.6. The van der Waals surface area contributed by atoms with Crippen molar-refractivity contribution in [3.05, 3.63) is 59.5 Å². The van der Waals surface area contributed by atoms with Crippen molar-refractivity contribution in [3.8, 4) is 0 Å². The molecule has 2 heterocycles. The second-order valence-corrected chi connectivity index (χ2v) is 8.34. The zero-order chi connectivity index (χ0) is 22.5. The molecule has 3 N–H and O–H groups in total. The van der Waals surface area contributed by atoms with Gasteiger partial charge in [0.1, 0.15) is 22.7 Å². The highest BCUT2D eigenvalue weighted by Crippen LogP contribution is 2.31. The zero-order valence-corrected chi connectivity index (χ0v) is 19.0. The Morgan fingerprint density at radius 3 is 2.72 bits per heavy atom. The Morgan fingerprint density at radius 2 is 1.97 bits per heavy atom. The van der Waals surface area contributed by atoms with Gasteiger partial charge in [0.25, 0.3) is 0 Å². The quantitative estimate of drug-likeness (QED) is 0.389. The Labute approximate surface area is 194 Å². The second kappa shape index (κ2) is 10.1. The number of para-hydroxylation sites is 2. The summed E-state index contributed by atoms with van der Waals surface area (Å²) in [5, 5.41) is 9.75. The predicted octanol–water partition coefficient (Wildman–Crippen LogP) is 3.46. The molecule has 0 spiro atoms. The van der Waals surface area contributed by atoms with Crippen molar-refractivity contribution in [2.75, 3.05) is 53.1 Å². The van der Waals surface area contributed by atoms with Gasteiger partial charge in [-0.15, -0.1) is 0 Å². The van der Waals surface area contributed by atoms with E-state index >= 15 is 0 Å². The third-order valence-corrected chi connectivity index (χ3v) is 5.77. The van der Waals surface area contributed by atoms with E-state index in [9.17, 15) is 8.60 Å². The first-order chi connectivity index (χ1) is 15.5. The molecule has 0 radical (unpaired) electrons. The molecule has 11 heteroatoms. The first-order valence-electron chi connectivity index (χ1n) is 10.0. The first kappa shape index (κ1) is 22.3. The summed E-state index contributed by atoms with van der Waals surface area (Å²) >= 11 is 6.14. The molecule has 0 amide bonds. The van der Waals surface area contributed by atoms with Gasteiger partial charge in [-0.2, -0.15) is 4.98 Å². The molecule has 0 aliphatic carbocycles. The van der Waals surface area contributed by atoms with Crippen LogP contribution in [0.3, 0.4) is 0 Å². The zero-order valence-electron chi connectivity index (χ0n) is 17.3. The fourth-order valence-electron chi connectivity index (χ4n) is 3.42. The van der Waals surface area contributed by atoms with Crippen LogP contribution in [0.25, 0.3) is 0 Å². The molecule has 1 fully saturated rings. The summed E-state index contributed by atoms with van der Waals surface area (Å²) in [6, 6.07) is 12.3. The van der Waals surface area contributed by atoms with Gasteiger partial charge >= 0.3 is 0 Å². The summed E-state index contributed by atoms with van der Waals surface area (Å²) < 4.78 is 27.5. The van der Waals surface area contributed by atoms with Crippen LogP contribution in [-0.4, -0.2) is 47.4 Å². The van der Waals surface area contributed by atoms with E-state index in [4.69, 9.17) is 11.6 Å². The lowest BCUT2D eigenvalue weighted by Gasteiger charge is -2.29. The van der Waals surface area contributed by atoms with Crippen LogP contribution in [0.2, 0.25) is 5.02 Å². The Kier molecular flexibility index (Phi) is 7.03. The van der Waals surface area contributed by atoms with E-state index < -0.39 is 0 Å². The normalized spacial score (nSPS) is 13.7. The van der Waals surface area contributed by atoms with Gasteiger partial charge in [0.15, 0.2) is 5.82 Å². The fourth-order valence-corrected chi connectivity index (χ4v) is 3.82. The van der Waals surface area contributed by atoms with E-state index in [0.717, 1.165) is 26.2 Å². The number of nitrogens with zero attached hydrogens (tertiary/aromatic N) is 4. The van der Waals surface area contributed by atoms with Crippen LogP contribution < -0.4 is 25.2 Å². The maximum atomic E-state index is 14.7. The summed E-state index contributed by atoms with van der Waals surface area (Å²) in [5.41, 5.74) is 2.49.